The Kier molecular flexibility index (Phi) is 5.96. The van der Waals surface area contributed by atoms with Gasteiger partial charge in [0.1, 0.15) is 5.25 Å². The molecule has 1 N–H and O–H groups in total. The number of benzene rings is 2. The number of carbonyl (C=O) groups is 2. The minimum Gasteiger partial charge on any atom is -0.326 e. The first-order chi connectivity index (χ1) is 12.6. The molecular weight excluding hydrogens is 370 g/mol. The predicted molar refractivity (Wildman–Crippen MR) is 107 cm³/mol. The molecular formula is C19H18ClN3O2S. The van der Waals surface area contributed by atoms with Crippen LogP contribution in [0.25, 0.3) is 0 Å². The second-order valence-electron chi connectivity index (χ2n) is 5.68. The van der Waals surface area contributed by atoms with Crippen molar-refractivity contribution in [3.05, 3.63) is 59.6 Å². The van der Waals surface area contributed by atoms with Crippen LogP contribution in [0.1, 0.15) is 13.3 Å². The molecule has 3 rings (SSSR count). The van der Waals surface area contributed by atoms with Gasteiger partial charge in [-0.1, -0.05) is 41.6 Å². The van der Waals surface area contributed by atoms with Gasteiger partial charge in [-0.25, -0.2) is 4.99 Å². The Bertz CT molecular complexity index is 824. The van der Waals surface area contributed by atoms with Crippen LogP contribution in [-0.4, -0.2) is 33.7 Å². The monoisotopic (exact) mass is 387 g/mol. The van der Waals surface area contributed by atoms with E-state index in [0.717, 1.165) is 11.4 Å². The number of thioether (sulfide) groups is 1. The molecule has 2 aromatic carbocycles. The molecule has 0 aromatic heterocycles. The highest BCUT2D eigenvalue weighted by Gasteiger charge is 2.38. The highest BCUT2D eigenvalue weighted by Crippen LogP contribution is 2.31. The van der Waals surface area contributed by atoms with E-state index in [1.54, 1.807) is 29.2 Å². The number of nitrogens with zero attached hydrogens (tertiary/aromatic N) is 2. The van der Waals surface area contributed by atoms with E-state index in [9.17, 15) is 9.59 Å². The molecule has 1 aliphatic rings. The number of hydrogen-bond acceptors (Lipinski definition) is 4. The van der Waals surface area contributed by atoms with Gasteiger partial charge >= 0.3 is 0 Å². The molecule has 134 valence electrons. The summed E-state index contributed by atoms with van der Waals surface area (Å²) in [6, 6.07) is 16.3. The van der Waals surface area contributed by atoms with Crippen molar-refractivity contribution in [3.8, 4) is 0 Å². The smallest absolute Gasteiger partial charge is 0.242 e. The number of carbonyl (C=O) groups excluding carboxylic acids is 2. The van der Waals surface area contributed by atoms with Crippen molar-refractivity contribution in [1.29, 1.82) is 0 Å². The van der Waals surface area contributed by atoms with E-state index in [1.807, 2.05) is 37.3 Å². The van der Waals surface area contributed by atoms with Crippen LogP contribution in [0.3, 0.4) is 0 Å². The molecule has 5 nitrogen and oxygen atoms in total. The second-order valence-corrected chi connectivity index (χ2v) is 7.28. The average molecular weight is 388 g/mol. The summed E-state index contributed by atoms with van der Waals surface area (Å²) in [6.45, 7) is 2.40. The van der Waals surface area contributed by atoms with Crippen LogP contribution < -0.4 is 5.32 Å². The largest absolute Gasteiger partial charge is 0.326 e. The van der Waals surface area contributed by atoms with Crippen molar-refractivity contribution in [2.24, 2.45) is 4.99 Å². The molecule has 1 atom stereocenters. The first-order valence-electron chi connectivity index (χ1n) is 8.24. The lowest BCUT2D eigenvalue weighted by atomic mass is 10.2. The Balaban J connectivity index is 1.70. The van der Waals surface area contributed by atoms with Crippen LogP contribution in [0.4, 0.5) is 11.4 Å². The number of anilines is 1. The van der Waals surface area contributed by atoms with Crippen molar-refractivity contribution in [3.63, 3.8) is 0 Å². The van der Waals surface area contributed by atoms with Crippen LogP contribution >= 0.6 is 23.4 Å². The molecule has 0 unspecified atom stereocenters. The average Bonchev–Trinajstić information content (AvgIpc) is 2.92. The Morgan fingerprint density at radius 3 is 2.54 bits per heavy atom. The summed E-state index contributed by atoms with van der Waals surface area (Å²) >= 11 is 7.21. The van der Waals surface area contributed by atoms with E-state index >= 15 is 0 Å². The number of para-hydroxylation sites is 1. The van der Waals surface area contributed by atoms with Gasteiger partial charge in [0.05, 0.1) is 5.69 Å². The van der Waals surface area contributed by atoms with Crippen LogP contribution in [0, 0.1) is 0 Å². The number of amides is 2. The van der Waals surface area contributed by atoms with E-state index in [4.69, 9.17) is 11.6 Å². The summed E-state index contributed by atoms with van der Waals surface area (Å²) in [5.74, 6) is -0.278. The topological polar surface area (TPSA) is 61.8 Å². The number of aliphatic imine (C=N–C) groups is 1. The molecule has 2 aromatic rings. The van der Waals surface area contributed by atoms with Crippen molar-refractivity contribution < 1.29 is 9.59 Å². The van der Waals surface area contributed by atoms with Gasteiger partial charge in [0, 0.05) is 23.7 Å². The van der Waals surface area contributed by atoms with Gasteiger partial charge < -0.3 is 5.32 Å². The number of amidine groups is 1. The van der Waals surface area contributed by atoms with Gasteiger partial charge in [0.2, 0.25) is 11.8 Å². The molecule has 26 heavy (non-hydrogen) atoms. The first-order valence-corrected chi connectivity index (χ1v) is 9.49. The molecule has 0 radical (unpaired) electrons. The van der Waals surface area contributed by atoms with Crippen LogP contribution in [0.5, 0.6) is 0 Å². The van der Waals surface area contributed by atoms with Crippen molar-refractivity contribution in [1.82, 2.24) is 4.90 Å². The Morgan fingerprint density at radius 1 is 1.19 bits per heavy atom. The summed E-state index contributed by atoms with van der Waals surface area (Å²) in [4.78, 5) is 31.0. The zero-order chi connectivity index (χ0) is 18.5. The minimum atomic E-state index is -0.468. The van der Waals surface area contributed by atoms with Gasteiger partial charge in [-0.3, -0.25) is 14.5 Å². The maximum absolute atomic E-state index is 12.6. The SMILES string of the molecule is CCN1C(=O)[C@@H](CC(=O)Nc2ccccc2)SC1=Nc1ccc(Cl)cc1. The molecule has 0 aliphatic carbocycles. The fraction of sp³-hybridized carbons (Fsp3) is 0.211. The van der Waals surface area contributed by atoms with E-state index in [2.05, 4.69) is 10.3 Å². The highest BCUT2D eigenvalue weighted by molar-refractivity contribution is 8.15. The Labute approximate surface area is 161 Å². The van der Waals surface area contributed by atoms with Crippen molar-refractivity contribution in [2.75, 3.05) is 11.9 Å². The number of nitrogens with one attached hydrogen (secondary N) is 1. The lowest BCUT2D eigenvalue weighted by Crippen LogP contribution is -2.33. The molecule has 1 saturated heterocycles. The maximum atomic E-state index is 12.6. The third-order valence-corrected chi connectivity index (χ3v) is 5.24. The van der Waals surface area contributed by atoms with Gasteiger partial charge in [-0.15, -0.1) is 0 Å². The predicted octanol–water partition coefficient (Wildman–Crippen LogP) is 4.32. The number of halogens is 1. The molecule has 1 fully saturated rings. The number of hydrogen-bond donors (Lipinski definition) is 1. The second kappa shape index (κ2) is 8.38. The van der Waals surface area contributed by atoms with Gasteiger partial charge in [0.25, 0.3) is 0 Å². The molecule has 0 saturated carbocycles. The fourth-order valence-corrected chi connectivity index (χ4v) is 3.89. The highest BCUT2D eigenvalue weighted by atomic mass is 35.5. The molecule has 2 amide bonds. The molecule has 1 aliphatic heterocycles. The summed E-state index contributed by atoms with van der Waals surface area (Å²) in [6.07, 6.45) is 0.106. The van der Waals surface area contributed by atoms with Crippen molar-refractivity contribution >= 4 is 51.7 Å². The van der Waals surface area contributed by atoms with Crippen molar-refractivity contribution in [2.45, 2.75) is 18.6 Å². The summed E-state index contributed by atoms with van der Waals surface area (Å²) in [5.41, 5.74) is 1.44. The lowest BCUT2D eigenvalue weighted by molar-refractivity contribution is -0.128. The normalized spacial score (nSPS) is 18.4. The third kappa shape index (κ3) is 4.45. The maximum Gasteiger partial charge on any atom is 0.242 e. The number of rotatable bonds is 5. The summed E-state index contributed by atoms with van der Waals surface area (Å²) in [7, 11) is 0. The van der Waals surface area contributed by atoms with E-state index in [0.29, 0.717) is 16.7 Å². The standard InChI is InChI=1S/C19H18ClN3O2S/c1-2-23-18(25)16(12-17(24)21-14-6-4-3-5-7-14)26-19(23)22-15-10-8-13(20)9-11-15/h3-11,16H,2,12H2,1H3,(H,21,24)/t16-/m1/s1. The zero-order valence-electron chi connectivity index (χ0n) is 14.2. The minimum absolute atomic E-state index is 0.0894. The molecule has 0 bridgehead atoms. The van der Waals surface area contributed by atoms with Crippen LogP contribution in [-0.2, 0) is 9.59 Å². The fourth-order valence-electron chi connectivity index (χ4n) is 2.54. The Morgan fingerprint density at radius 2 is 1.88 bits per heavy atom. The van der Waals surface area contributed by atoms with Crippen LogP contribution in [0.2, 0.25) is 5.02 Å². The molecule has 7 heteroatoms. The molecule has 0 spiro atoms. The van der Waals surface area contributed by atoms with Gasteiger partial charge in [-0.05, 0) is 43.3 Å². The Hall–Kier alpha value is -2.31. The van der Waals surface area contributed by atoms with E-state index in [1.165, 1.54) is 11.8 Å². The zero-order valence-corrected chi connectivity index (χ0v) is 15.8. The summed E-state index contributed by atoms with van der Waals surface area (Å²) in [5, 5.41) is 3.59. The first kappa shape index (κ1) is 18.5. The van der Waals surface area contributed by atoms with Gasteiger partial charge in [-0.2, -0.15) is 0 Å². The quantitative estimate of drug-likeness (QED) is 0.831. The molecule has 1 heterocycles. The lowest BCUT2D eigenvalue weighted by Gasteiger charge is -2.13. The van der Waals surface area contributed by atoms with E-state index < -0.39 is 5.25 Å². The van der Waals surface area contributed by atoms with Crippen LogP contribution in [0.15, 0.2) is 59.6 Å². The van der Waals surface area contributed by atoms with Gasteiger partial charge in [0.15, 0.2) is 5.17 Å². The third-order valence-electron chi connectivity index (χ3n) is 3.82. The summed E-state index contributed by atoms with van der Waals surface area (Å²) < 4.78 is 0. The van der Waals surface area contributed by atoms with E-state index in [-0.39, 0.29) is 18.2 Å².